The molecule has 2 heterocycles. The van der Waals surface area contributed by atoms with Crippen LogP contribution in [0.15, 0.2) is 60.0 Å². The van der Waals surface area contributed by atoms with Gasteiger partial charge >= 0.3 is 11.9 Å². The highest BCUT2D eigenvalue weighted by Crippen LogP contribution is 2.33. The molecule has 0 atom stereocenters. The standard InChI is InChI=1S/C23H28N2O5/c1-28-22(26)18-10-6-9-15-25(21(18)23(27)29-2)19-11-4-5-12-20(19)30-17-16-24-13-7-3-8-14-24/h4-6,9-12,15H,3,7-8,13-14,16-17H2,1-2H3. The number of ether oxygens (including phenoxy) is 3. The van der Waals surface area contributed by atoms with E-state index in [0.717, 1.165) is 19.6 Å². The van der Waals surface area contributed by atoms with Crippen LogP contribution >= 0.6 is 0 Å². The van der Waals surface area contributed by atoms with Gasteiger partial charge in [0.15, 0.2) is 0 Å². The third-order valence-electron chi connectivity index (χ3n) is 5.13. The highest BCUT2D eigenvalue weighted by Gasteiger charge is 2.28. The van der Waals surface area contributed by atoms with Gasteiger partial charge in [0.25, 0.3) is 0 Å². The van der Waals surface area contributed by atoms with Crippen LogP contribution in [-0.2, 0) is 19.1 Å². The zero-order valence-corrected chi connectivity index (χ0v) is 17.5. The van der Waals surface area contributed by atoms with Crippen molar-refractivity contribution >= 4 is 17.6 Å². The molecular formula is C23H28N2O5. The lowest BCUT2D eigenvalue weighted by atomic mass is 10.1. The van der Waals surface area contributed by atoms with E-state index in [2.05, 4.69) is 4.90 Å². The summed E-state index contributed by atoms with van der Waals surface area (Å²) in [5.74, 6) is -0.648. The third kappa shape index (κ3) is 5.10. The minimum absolute atomic E-state index is 0.0708. The molecule has 0 bridgehead atoms. The molecule has 3 rings (SSSR count). The largest absolute Gasteiger partial charge is 0.490 e. The number of likely N-dealkylation sites (tertiary alicyclic amines) is 1. The van der Waals surface area contributed by atoms with E-state index in [1.54, 1.807) is 23.3 Å². The molecule has 1 fully saturated rings. The van der Waals surface area contributed by atoms with Gasteiger partial charge in [0.1, 0.15) is 18.1 Å². The van der Waals surface area contributed by atoms with Crippen LogP contribution in [0.1, 0.15) is 19.3 Å². The van der Waals surface area contributed by atoms with Crippen LogP contribution < -0.4 is 9.64 Å². The normalized spacial score (nSPS) is 16.9. The lowest BCUT2D eigenvalue weighted by Gasteiger charge is -2.27. The van der Waals surface area contributed by atoms with Crippen LogP contribution in [0, 0.1) is 0 Å². The number of carbonyl (C=O) groups excluding carboxylic acids is 2. The molecule has 2 aliphatic rings. The van der Waals surface area contributed by atoms with Gasteiger partial charge in [-0.15, -0.1) is 0 Å². The maximum Gasteiger partial charge on any atom is 0.355 e. The van der Waals surface area contributed by atoms with E-state index in [4.69, 9.17) is 14.2 Å². The molecule has 7 heteroatoms. The van der Waals surface area contributed by atoms with Gasteiger partial charge in [-0.3, -0.25) is 4.90 Å². The first-order valence-corrected chi connectivity index (χ1v) is 10.1. The van der Waals surface area contributed by atoms with E-state index in [0.29, 0.717) is 18.0 Å². The van der Waals surface area contributed by atoms with Crippen molar-refractivity contribution in [2.24, 2.45) is 0 Å². The Kier molecular flexibility index (Phi) is 7.68. The Balaban J connectivity index is 1.88. The quantitative estimate of drug-likeness (QED) is 0.638. The predicted octanol–water partition coefficient (Wildman–Crippen LogP) is 3.04. The molecule has 2 aliphatic heterocycles. The predicted molar refractivity (Wildman–Crippen MR) is 114 cm³/mol. The first-order chi connectivity index (χ1) is 14.7. The van der Waals surface area contributed by atoms with Crippen molar-refractivity contribution < 1.29 is 23.8 Å². The molecule has 0 spiro atoms. The maximum absolute atomic E-state index is 12.6. The van der Waals surface area contributed by atoms with Crippen molar-refractivity contribution in [2.45, 2.75) is 19.3 Å². The van der Waals surface area contributed by atoms with Gasteiger partial charge in [-0.25, -0.2) is 9.59 Å². The third-order valence-corrected chi connectivity index (χ3v) is 5.13. The number of para-hydroxylation sites is 2. The molecule has 0 unspecified atom stereocenters. The fourth-order valence-electron chi connectivity index (χ4n) is 3.60. The molecule has 0 N–H and O–H groups in total. The fourth-order valence-corrected chi connectivity index (χ4v) is 3.60. The van der Waals surface area contributed by atoms with E-state index in [1.165, 1.54) is 39.6 Å². The van der Waals surface area contributed by atoms with E-state index in [-0.39, 0.29) is 11.3 Å². The maximum atomic E-state index is 12.6. The van der Waals surface area contributed by atoms with Crippen molar-refractivity contribution in [2.75, 3.05) is 45.4 Å². The van der Waals surface area contributed by atoms with Gasteiger partial charge in [0.2, 0.25) is 0 Å². The lowest BCUT2D eigenvalue weighted by molar-refractivity contribution is -0.139. The lowest BCUT2D eigenvalue weighted by Crippen LogP contribution is -2.33. The minimum atomic E-state index is -0.644. The summed E-state index contributed by atoms with van der Waals surface area (Å²) in [5, 5.41) is 0. The van der Waals surface area contributed by atoms with Crippen LogP contribution in [0.4, 0.5) is 5.69 Å². The monoisotopic (exact) mass is 412 g/mol. The van der Waals surface area contributed by atoms with Crippen molar-refractivity contribution in [1.29, 1.82) is 0 Å². The zero-order chi connectivity index (χ0) is 21.3. The molecule has 0 radical (unpaired) electrons. The summed E-state index contributed by atoms with van der Waals surface area (Å²) in [6.07, 6.45) is 10.4. The van der Waals surface area contributed by atoms with Gasteiger partial charge in [-0.05, 0) is 50.2 Å². The van der Waals surface area contributed by atoms with Crippen molar-refractivity contribution in [1.82, 2.24) is 4.90 Å². The zero-order valence-electron chi connectivity index (χ0n) is 17.5. The van der Waals surface area contributed by atoms with E-state index < -0.39 is 11.9 Å². The second kappa shape index (κ2) is 10.6. The number of esters is 2. The van der Waals surface area contributed by atoms with E-state index in [1.807, 2.05) is 24.3 Å². The number of hydrogen-bond acceptors (Lipinski definition) is 7. The molecule has 1 aromatic carbocycles. The summed E-state index contributed by atoms with van der Waals surface area (Å²) in [7, 11) is 2.56. The first-order valence-electron chi connectivity index (χ1n) is 10.1. The Morgan fingerprint density at radius 1 is 0.967 bits per heavy atom. The second-order valence-corrected chi connectivity index (χ2v) is 7.03. The molecule has 30 heavy (non-hydrogen) atoms. The topological polar surface area (TPSA) is 68.3 Å². The number of hydrogen-bond donors (Lipinski definition) is 0. The molecule has 0 aromatic heterocycles. The van der Waals surface area contributed by atoms with Crippen molar-refractivity contribution in [3.8, 4) is 5.75 Å². The Morgan fingerprint density at radius 3 is 2.43 bits per heavy atom. The van der Waals surface area contributed by atoms with Crippen molar-refractivity contribution in [3.63, 3.8) is 0 Å². The SMILES string of the molecule is COC(=O)C1=C(C(=O)OC)N(c2ccccc2OCCN2CCCCC2)C=CC=C1. The number of allylic oxidation sites excluding steroid dienone is 2. The van der Waals surface area contributed by atoms with Crippen LogP contribution in [0.5, 0.6) is 5.75 Å². The summed E-state index contributed by atoms with van der Waals surface area (Å²) in [5.41, 5.74) is 0.816. The highest BCUT2D eigenvalue weighted by molar-refractivity contribution is 6.05. The number of methoxy groups -OCH3 is 2. The highest BCUT2D eigenvalue weighted by atomic mass is 16.5. The van der Waals surface area contributed by atoms with Crippen LogP contribution in [0.2, 0.25) is 0 Å². The Bertz CT molecular complexity index is 853. The molecule has 1 saturated heterocycles. The number of anilines is 1. The van der Waals surface area contributed by atoms with Gasteiger partial charge in [-0.1, -0.05) is 24.6 Å². The minimum Gasteiger partial charge on any atom is -0.490 e. The van der Waals surface area contributed by atoms with Crippen LogP contribution in [0.25, 0.3) is 0 Å². The average Bonchev–Trinajstić information content (AvgIpc) is 3.02. The molecule has 160 valence electrons. The molecule has 0 saturated carbocycles. The summed E-state index contributed by atoms with van der Waals surface area (Å²) in [6, 6.07) is 7.42. The average molecular weight is 412 g/mol. The summed E-state index contributed by atoms with van der Waals surface area (Å²) in [6.45, 7) is 3.58. The Labute approximate surface area is 177 Å². The van der Waals surface area contributed by atoms with Crippen LogP contribution in [-0.4, -0.2) is 57.3 Å². The van der Waals surface area contributed by atoms with Gasteiger partial charge in [0.05, 0.1) is 25.5 Å². The van der Waals surface area contributed by atoms with Crippen molar-refractivity contribution in [3.05, 3.63) is 60.0 Å². The Hall–Kier alpha value is -3.06. The molecule has 7 nitrogen and oxygen atoms in total. The fraction of sp³-hybridized carbons (Fsp3) is 0.391. The van der Waals surface area contributed by atoms with E-state index in [9.17, 15) is 9.59 Å². The molecule has 0 amide bonds. The van der Waals surface area contributed by atoms with Gasteiger partial charge in [-0.2, -0.15) is 0 Å². The first kappa shape index (κ1) is 21.6. The number of carbonyl (C=O) groups is 2. The number of piperidine rings is 1. The summed E-state index contributed by atoms with van der Waals surface area (Å²) >= 11 is 0. The van der Waals surface area contributed by atoms with E-state index >= 15 is 0 Å². The van der Waals surface area contributed by atoms with Gasteiger partial charge < -0.3 is 19.1 Å². The molecule has 1 aromatic rings. The van der Waals surface area contributed by atoms with Gasteiger partial charge in [0, 0.05) is 12.7 Å². The molecular weight excluding hydrogens is 384 g/mol. The Morgan fingerprint density at radius 2 is 1.70 bits per heavy atom. The number of rotatable bonds is 7. The summed E-state index contributed by atoms with van der Waals surface area (Å²) in [4.78, 5) is 29.0. The number of benzene rings is 1. The smallest absolute Gasteiger partial charge is 0.355 e. The summed E-state index contributed by atoms with van der Waals surface area (Å²) < 4.78 is 15.9. The second-order valence-electron chi connectivity index (χ2n) is 7.03. The number of nitrogens with zero attached hydrogens (tertiary/aromatic N) is 2. The van der Waals surface area contributed by atoms with Crippen LogP contribution in [0.3, 0.4) is 0 Å². The molecule has 0 aliphatic carbocycles.